The second-order valence-corrected chi connectivity index (χ2v) is 5.58. The van der Waals surface area contributed by atoms with Crippen LogP contribution in [0.25, 0.3) is 6.08 Å². The molecule has 0 unspecified atom stereocenters. The van der Waals surface area contributed by atoms with Gasteiger partial charge in [0.1, 0.15) is 11.6 Å². The van der Waals surface area contributed by atoms with Crippen molar-refractivity contribution in [1.82, 2.24) is 4.98 Å². The topological polar surface area (TPSA) is 84.2 Å². The number of hydrogen-bond acceptors (Lipinski definition) is 6. The Balaban J connectivity index is 1.89. The monoisotopic (exact) mass is 327 g/mol. The van der Waals surface area contributed by atoms with Crippen molar-refractivity contribution in [3.8, 4) is 17.6 Å². The lowest BCUT2D eigenvalue weighted by atomic mass is 10.1. The van der Waals surface area contributed by atoms with Crippen LogP contribution in [-0.2, 0) is 4.79 Å². The highest BCUT2D eigenvalue weighted by Gasteiger charge is 2.16. The van der Waals surface area contributed by atoms with E-state index < -0.39 is 5.91 Å². The lowest BCUT2D eigenvalue weighted by Gasteiger charge is -2.10. The van der Waals surface area contributed by atoms with E-state index in [1.165, 1.54) is 17.4 Å². The molecule has 116 valence electrons. The Labute approximate surface area is 137 Å². The maximum atomic E-state index is 12.2. The first-order chi connectivity index (χ1) is 11.3. The van der Waals surface area contributed by atoms with E-state index in [1.807, 2.05) is 6.07 Å². The van der Waals surface area contributed by atoms with Crippen LogP contribution in [0.5, 0.6) is 11.5 Å². The number of thiazole rings is 1. The number of para-hydroxylation sites is 1. The van der Waals surface area contributed by atoms with Crippen LogP contribution in [0.2, 0.25) is 0 Å². The molecule has 0 saturated carbocycles. The summed E-state index contributed by atoms with van der Waals surface area (Å²) in [5, 5.41) is 14.1. The standard InChI is InChI=1S/C16H13N3O3S/c17-10-12(15(20)19-16-18-5-8-23-16)9-11-3-1-4-13-14(11)22-7-2-6-21-13/h1,3-5,8-9H,2,6-7H2,(H,18,19,20)/b12-9+. The maximum Gasteiger partial charge on any atom is 0.268 e. The van der Waals surface area contributed by atoms with Crippen LogP contribution >= 0.6 is 11.3 Å². The minimum Gasteiger partial charge on any atom is -0.490 e. The van der Waals surface area contributed by atoms with Crippen LogP contribution in [0, 0.1) is 11.3 Å². The summed E-state index contributed by atoms with van der Waals surface area (Å²) in [5.41, 5.74) is 0.608. The zero-order chi connectivity index (χ0) is 16.1. The minimum absolute atomic E-state index is 0.0264. The van der Waals surface area contributed by atoms with Crippen LogP contribution in [0.4, 0.5) is 5.13 Å². The van der Waals surface area contributed by atoms with Crippen molar-refractivity contribution in [3.05, 3.63) is 40.9 Å². The van der Waals surface area contributed by atoms with Gasteiger partial charge in [-0.3, -0.25) is 10.1 Å². The summed E-state index contributed by atoms with van der Waals surface area (Å²) < 4.78 is 11.3. The number of carbonyl (C=O) groups is 1. The lowest BCUT2D eigenvalue weighted by Crippen LogP contribution is -2.13. The van der Waals surface area contributed by atoms with Gasteiger partial charge in [-0.1, -0.05) is 12.1 Å². The summed E-state index contributed by atoms with van der Waals surface area (Å²) in [5.74, 6) is 0.670. The van der Waals surface area contributed by atoms with Gasteiger partial charge >= 0.3 is 0 Å². The van der Waals surface area contributed by atoms with E-state index in [2.05, 4.69) is 10.3 Å². The molecular weight excluding hydrogens is 314 g/mol. The zero-order valence-corrected chi connectivity index (χ0v) is 12.9. The molecule has 3 rings (SSSR count). The number of nitrogens with one attached hydrogen (secondary N) is 1. The largest absolute Gasteiger partial charge is 0.490 e. The number of aromatic nitrogens is 1. The molecule has 1 aliphatic heterocycles. The fraction of sp³-hybridized carbons (Fsp3) is 0.188. The molecular formula is C16H13N3O3S. The molecule has 0 fully saturated rings. The number of hydrogen-bond donors (Lipinski definition) is 1. The summed E-state index contributed by atoms with van der Waals surface area (Å²) in [7, 11) is 0. The average molecular weight is 327 g/mol. The molecule has 7 heteroatoms. The number of nitrogens with zero attached hydrogens (tertiary/aromatic N) is 2. The number of ether oxygens (including phenoxy) is 2. The molecule has 23 heavy (non-hydrogen) atoms. The molecule has 1 amide bonds. The molecule has 1 aromatic carbocycles. The molecule has 6 nitrogen and oxygen atoms in total. The third-order valence-corrected chi connectivity index (χ3v) is 3.81. The second kappa shape index (κ2) is 6.94. The van der Waals surface area contributed by atoms with Crippen molar-refractivity contribution < 1.29 is 14.3 Å². The van der Waals surface area contributed by atoms with Crippen molar-refractivity contribution >= 4 is 28.5 Å². The normalized spacial score (nSPS) is 13.8. The van der Waals surface area contributed by atoms with E-state index in [-0.39, 0.29) is 5.57 Å². The Bertz CT molecular complexity index is 778. The van der Waals surface area contributed by atoms with Gasteiger partial charge < -0.3 is 9.47 Å². The van der Waals surface area contributed by atoms with Crippen LogP contribution < -0.4 is 14.8 Å². The predicted molar refractivity (Wildman–Crippen MR) is 86.4 cm³/mol. The zero-order valence-electron chi connectivity index (χ0n) is 12.1. The molecule has 0 bridgehead atoms. The maximum absolute atomic E-state index is 12.2. The number of anilines is 1. The molecule has 2 aromatic rings. The van der Waals surface area contributed by atoms with Gasteiger partial charge in [0.2, 0.25) is 0 Å². The van der Waals surface area contributed by atoms with E-state index in [0.717, 1.165) is 6.42 Å². The summed E-state index contributed by atoms with van der Waals surface area (Å²) in [6.45, 7) is 1.11. The van der Waals surface area contributed by atoms with E-state index in [0.29, 0.717) is 35.4 Å². The fourth-order valence-corrected chi connectivity index (χ4v) is 2.61. The summed E-state index contributed by atoms with van der Waals surface area (Å²) in [4.78, 5) is 16.1. The van der Waals surface area contributed by atoms with Crippen LogP contribution in [0.3, 0.4) is 0 Å². The van der Waals surface area contributed by atoms with Crippen molar-refractivity contribution in [1.29, 1.82) is 5.26 Å². The van der Waals surface area contributed by atoms with Gasteiger partial charge in [-0.25, -0.2) is 4.98 Å². The highest BCUT2D eigenvalue weighted by atomic mass is 32.1. The van der Waals surface area contributed by atoms with Gasteiger partial charge in [0.25, 0.3) is 5.91 Å². The quantitative estimate of drug-likeness (QED) is 0.692. The number of nitriles is 1. The molecule has 0 spiro atoms. The first kappa shape index (κ1) is 15.1. The van der Waals surface area contributed by atoms with Crippen LogP contribution in [0.15, 0.2) is 35.3 Å². The number of amides is 1. The van der Waals surface area contributed by atoms with Gasteiger partial charge in [-0.05, 0) is 12.1 Å². The van der Waals surface area contributed by atoms with Crippen molar-refractivity contribution in [2.75, 3.05) is 18.5 Å². The number of carbonyl (C=O) groups excluding carboxylic acids is 1. The molecule has 2 heterocycles. The van der Waals surface area contributed by atoms with E-state index in [1.54, 1.807) is 29.8 Å². The van der Waals surface area contributed by atoms with Gasteiger partial charge in [0, 0.05) is 23.6 Å². The van der Waals surface area contributed by atoms with Crippen molar-refractivity contribution in [3.63, 3.8) is 0 Å². The fourth-order valence-electron chi connectivity index (χ4n) is 2.08. The first-order valence-electron chi connectivity index (χ1n) is 6.99. The summed E-state index contributed by atoms with van der Waals surface area (Å²) in [6, 6.07) is 7.30. The van der Waals surface area contributed by atoms with Gasteiger partial charge in [0.05, 0.1) is 13.2 Å². The van der Waals surface area contributed by atoms with E-state index in [4.69, 9.17) is 9.47 Å². The lowest BCUT2D eigenvalue weighted by molar-refractivity contribution is -0.112. The number of benzene rings is 1. The molecule has 1 aromatic heterocycles. The van der Waals surface area contributed by atoms with Crippen molar-refractivity contribution in [2.45, 2.75) is 6.42 Å². The van der Waals surface area contributed by atoms with Crippen molar-refractivity contribution in [2.24, 2.45) is 0 Å². The Morgan fingerprint density at radius 3 is 3.04 bits per heavy atom. The molecule has 1 aliphatic rings. The molecule has 0 aliphatic carbocycles. The SMILES string of the molecule is N#C/C(=C\c1cccc2c1OCCCO2)C(=O)Nc1nccs1. The Morgan fingerprint density at radius 2 is 2.26 bits per heavy atom. The number of fused-ring (bicyclic) bond motifs is 1. The summed E-state index contributed by atoms with van der Waals surface area (Å²) in [6.07, 6.45) is 3.86. The third kappa shape index (κ3) is 3.49. The first-order valence-corrected chi connectivity index (χ1v) is 7.87. The van der Waals surface area contributed by atoms with E-state index in [9.17, 15) is 10.1 Å². The van der Waals surface area contributed by atoms with E-state index >= 15 is 0 Å². The van der Waals surface area contributed by atoms with Gasteiger partial charge in [-0.15, -0.1) is 11.3 Å². The van der Waals surface area contributed by atoms with Crippen LogP contribution in [-0.4, -0.2) is 24.1 Å². The molecule has 0 saturated heterocycles. The number of rotatable bonds is 3. The summed E-state index contributed by atoms with van der Waals surface area (Å²) >= 11 is 1.29. The van der Waals surface area contributed by atoms with Gasteiger partial charge in [0.15, 0.2) is 16.6 Å². The second-order valence-electron chi connectivity index (χ2n) is 4.69. The van der Waals surface area contributed by atoms with Crippen LogP contribution in [0.1, 0.15) is 12.0 Å². The third-order valence-electron chi connectivity index (χ3n) is 3.12. The highest BCUT2D eigenvalue weighted by molar-refractivity contribution is 7.13. The molecule has 0 atom stereocenters. The molecule has 1 N–H and O–H groups in total. The molecule has 0 radical (unpaired) electrons. The minimum atomic E-state index is -0.505. The Hall–Kier alpha value is -2.85. The average Bonchev–Trinajstić information content (AvgIpc) is 2.94. The smallest absolute Gasteiger partial charge is 0.268 e. The predicted octanol–water partition coefficient (Wildman–Crippen LogP) is 2.85. The Morgan fingerprint density at radius 1 is 1.39 bits per heavy atom. The van der Waals surface area contributed by atoms with Gasteiger partial charge in [-0.2, -0.15) is 5.26 Å². The highest BCUT2D eigenvalue weighted by Crippen LogP contribution is 2.34. The Kier molecular flexibility index (Phi) is 4.54.